The number of ether oxygens (including phenoxy) is 1. The minimum absolute atomic E-state index is 0.0433. The van der Waals surface area contributed by atoms with Gasteiger partial charge in [0.15, 0.2) is 23.1 Å². The van der Waals surface area contributed by atoms with E-state index in [2.05, 4.69) is 102 Å². The number of carbonyl (C=O) groups excluding carboxylic acids is 11. The minimum Gasteiger partial charge on any atom is -0.457 e. The van der Waals surface area contributed by atoms with Crippen molar-refractivity contribution in [3.05, 3.63) is 262 Å². The number of nitrogens with zero attached hydrogens (tertiary/aromatic N) is 7. The average Bonchev–Trinajstić information content (AvgIpc) is 1.73. The Hall–Kier alpha value is -16.8. The summed E-state index contributed by atoms with van der Waals surface area (Å²) in [6, 6.07) is 54.5. The Morgan fingerprint density at radius 2 is 0.748 bits per heavy atom. The maximum atomic E-state index is 13.2. The molecule has 0 atom stereocenters. The second-order valence-corrected chi connectivity index (χ2v) is 26.2. The van der Waals surface area contributed by atoms with Crippen LogP contribution in [0.4, 0.5) is 45.8 Å². The average molecular weight is 1590 g/mol. The SMILES string of the molecule is C#CC(=O)Nc1nc2ccc(C(=O)c3ccccc3C(=O)Nc3ccc(F)cc3)cc2[nH]1.CC(=O)Nc1nc2ccc(C(=O)c3ccc4nc(NC(C)=O)[nH]c4c3)cc2[nH]1.CCC(=O)Nc1nc2ccc(C(=O)c3ccc4nc(NC(=O)CC)[nH]c4c3)cc2[nH]1.CCC(=O)c1cc(Oc2ccc3nc(NC(=O)c4ccccc4)[nH]c3c2)ccn1. The summed E-state index contributed by atoms with van der Waals surface area (Å²) in [7, 11) is 0. The predicted molar refractivity (Wildman–Crippen MR) is 445 cm³/mol. The van der Waals surface area contributed by atoms with Crippen LogP contribution in [0.25, 0.3) is 66.2 Å². The minimum atomic E-state index is -0.651. The van der Waals surface area contributed by atoms with Crippen LogP contribution in [0.3, 0.4) is 0 Å². The highest BCUT2D eigenvalue weighted by molar-refractivity contribution is 6.19. The molecule has 0 unspecified atom stereocenters. The Bertz CT molecular complexity index is 6540. The van der Waals surface area contributed by atoms with E-state index in [-0.39, 0.29) is 69.7 Å². The lowest BCUT2D eigenvalue weighted by atomic mass is 9.97. The maximum absolute atomic E-state index is 13.2. The van der Waals surface area contributed by atoms with Crippen molar-refractivity contribution < 1.29 is 61.9 Å². The topological polar surface area (TPSA) is 466 Å². The summed E-state index contributed by atoms with van der Waals surface area (Å²) < 4.78 is 19.0. The van der Waals surface area contributed by atoms with E-state index in [1.807, 2.05) is 12.0 Å². The summed E-state index contributed by atoms with van der Waals surface area (Å²) in [5.74, 6) is 1.56. The first-order valence-electron chi connectivity index (χ1n) is 36.7. The first-order chi connectivity index (χ1) is 57.4. The van der Waals surface area contributed by atoms with Crippen LogP contribution in [0.15, 0.2) is 206 Å². The molecule has 0 spiro atoms. The molecular formula is C86H69FN20O12. The molecule has 0 aliphatic carbocycles. The number of anilines is 7. The van der Waals surface area contributed by atoms with Gasteiger partial charge in [0.25, 0.3) is 11.8 Å². The molecule has 16 rings (SSSR count). The van der Waals surface area contributed by atoms with Crippen molar-refractivity contribution in [1.29, 1.82) is 0 Å². The number of halogens is 1. The molecule has 7 amide bonds. The first-order valence-corrected chi connectivity index (χ1v) is 36.7. The van der Waals surface area contributed by atoms with E-state index in [1.54, 1.807) is 191 Å². The number of benzene rings is 9. The lowest BCUT2D eigenvalue weighted by molar-refractivity contribution is -0.116. The highest BCUT2D eigenvalue weighted by Gasteiger charge is 2.22. The molecule has 9 aromatic carbocycles. The Morgan fingerprint density at radius 1 is 0.370 bits per heavy atom. The Kier molecular flexibility index (Phi) is 24.2. The monoisotopic (exact) mass is 1590 g/mol. The summed E-state index contributed by atoms with van der Waals surface area (Å²) >= 11 is 0. The fraction of sp³-hybridized carbons (Fsp3) is 0.0930. The normalized spacial score (nSPS) is 10.7. The molecular weight excluding hydrogens is 1520 g/mol. The van der Waals surface area contributed by atoms with Crippen LogP contribution in [0.1, 0.15) is 133 Å². The lowest BCUT2D eigenvalue weighted by Crippen LogP contribution is -2.17. The molecule has 0 radical (unpaired) electrons. The smallest absolute Gasteiger partial charge is 0.302 e. The van der Waals surface area contributed by atoms with Crippen molar-refractivity contribution in [2.75, 3.05) is 37.2 Å². The van der Waals surface area contributed by atoms with Crippen molar-refractivity contribution in [3.63, 3.8) is 0 Å². The highest BCUT2D eigenvalue weighted by Crippen LogP contribution is 2.30. The number of Topliss-reactive ketones (excluding diaryl/α,β-unsaturated/α-hetero) is 1. The largest absolute Gasteiger partial charge is 0.457 e. The van der Waals surface area contributed by atoms with E-state index in [0.29, 0.717) is 171 Å². The van der Waals surface area contributed by atoms with E-state index >= 15 is 0 Å². The molecule has 32 nitrogen and oxygen atoms in total. The van der Waals surface area contributed by atoms with Crippen LogP contribution in [-0.2, 0) is 24.0 Å². The summed E-state index contributed by atoms with van der Waals surface area (Å²) in [6.45, 7) is 8.09. The van der Waals surface area contributed by atoms with Gasteiger partial charge in [0, 0.05) is 96.1 Å². The molecule has 7 heterocycles. The molecule has 33 heteroatoms. The van der Waals surface area contributed by atoms with Crippen LogP contribution >= 0.6 is 0 Å². The molecule has 16 aromatic rings. The molecule has 0 aliphatic rings. The quantitative estimate of drug-likeness (QED) is 0.0235. The molecule has 0 saturated heterocycles. The molecule has 119 heavy (non-hydrogen) atoms. The van der Waals surface area contributed by atoms with Crippen molar-refractivity contribution in [2.45, 2.75) is 53.9 Å². The van der Waals surface area contributed by atoms with Crippen LogP contribution in [0.5, 0.6) is 11.5 Å². The first kappa shape index (κ1) is 80.3. The number of carbonyl (C=O) groups is 11. The second-order valence-electron chi connectivity index (χ2n) is 26.2. The molecule has 7 aromatic heterocycles. The maximum Gasteiger partial charge on any atom is 0.302 e. The molecule has 0 bridgehead atoms. The summed E-state index contributed by atoms with van der Waals surface area (Å²) in [5.41, 5.74) is 11.6. The summed E-state index contributed by atoms with van der Waals surface area (Å²) in [4.78, 5) is 180. The van der Waals surface area contributed by atoms with Crippen LogP contribution in [0, 0.1) is 18.2 Å². The van der Waals surface area contributed by atoms with E-state index in [4.69, 9.17) is 11.2 Å². The molecule has 592 valence electrons. The number of rotatable bonds is 21. The third-order valence-electron chi connectivity index (χ3n) is 17.6. The number of aromatic amines is 6. The number of ketones is 4. The van der Waals surface area contributed by atoms with Gasteiger partial charge in [0.05, 0.1) is 71.8 Å². The van der Waals surface area contributed by atoms with Gasteiger partial charge < -0.3 is 40.0 Å². The van der Waals surface area contributed by atoms with Gasteiger partial charge in [-0.05, 0) is 158 Å². The van der Waals surface area contributed by atoms with Gasteiger partial charge in [-0.25, -0.2) is 34.3 Å². The van der Waals surface area contributed by atoms with E-state index in [9.17, 15) is 57.1 Å². The molecule has 13 N–H and O–H groups in total. The van der Waals surface area contributed by atoms with Gasteiger partial charge in [-0.2, -0.15) is 0 Å². The number of terminal acetylenes is 1. The molecule has 0 fully saturated rings. The van der Waals surface area contributed by atoms with Crippen molar-refractivity contribution in [3.8, 4) is 23.8 Å². The number of H-pyrrole nitrogens is 6. The fourth-order valence-corrected chi connectivity index (χ4v) is 11.9. The number of hydrogen-bond acceptors (Lipinski definition) is 19. The van der Waals surface area contributed by atoms with Gasteiger partial charge >= 0.3 is 5.91 Å². The van der Waals surface area contributed by atoms with Gasteiger partial charge in [-0.1, -0.05) is 57.2 Å². The van der Waals surface area contributed by atoms with Crippen LogP contribution in [0.2, 0.25) is 0 Å². The number of nitrogens with one attached hydrogen (secondary N) is 13. The van der Waals surface area contributed by atoms with E-state index in [0.717, 1.165) is 0 Å². The lowest BCUT2D eigenvalue weighted by Gasteiger charge is -2.10. The van der Waals surface area contributed by atoms with Gasteiger partial charge in [-0.15, -0.1) is 6.42 Å². The summed E-state index contributed by atoms with van der Waals surface area (Å²) in [5, 5.41) is 18.3. The zero-order valence-electron chi connectivity index (χ0n) is 63.7. The number of fused-ring (bicyclic) bond motifs is 6. The number of pyridine rings is 1. The predicted octanol–water partition coefficient (Wildman–Crippen LogP) is 14.3. The van der Waals surface area contributed by atoms with Crippen molar-refractivity contribution in [1.82, 2.24) is 64.8 Å². The van der Waals surface area contributed by atoms with Crippen LogP contribution < -0.4 is 42.0 Å². The van der Waals surface area contributed by atoms with Gasteiger partial charge in [0.1, 0.15) is 23.0 Å². The third-order valence-corrected chi connectivity index (χ3v) is 17.6. The molecule has 0 aliphatic heterocycles. The zero-order chi connectivity index (χ0) is 84.0. The highest BCUT2D eigenvalue weighted by atomic mass is 19.1. The van der Waals surface area contributed by atoms with Crippen molar-refractivity contribution >= 4 is 172 Å². The van der Waals surface area contributed by atoms with E-state index in [1.165, 1.54) is 44.2 Å². The molecule has 0 saturated carbocycles. The number of aromatic nitrogens is 13. The van der Waals surface area contributed by atoms with Gasteiger partial charge in [0.2, 0.25) is 59.3 Å². The zero-order valence-corrected chi connectivity index (χ0v) is 63.7. The standard InChI is InChI=1S/C24H15FN4O3.C22H18N4O3.C21H20N6O3.C19H16N6O3/c1-2-21(30)29-24-27-19-12-7-14(13-20(19)28-24)22(31)17-5-3-4-6-18(17)23(32)26-16-10-8-15(25)9-11-16;1-2-20(27)19-13-16(10-11-23-19)29-15-8-9-17-18(12-15)25-22(24-17)26-21(28)14-6-4-3-5-7-14;1-3-17(28)26-20-22-13-7-5-11(9-15(13)24-20)19(30)12-6-8-14-16(10-12)25-21(23-14)27-18(29)4-2;1-9(26)20-18-22-13-5-3-11(7-15(13)24-18)17(28)12-4-6-14-16(8-12)25-19(23-14)21-10(2)27/h1,3-13H,(H,26,32)(H2,27,28,29,30);3-13H,2H2,1H3,(H2,24,25,26,28);5-10H,3-4H2,1-2H3,(H2,22,24,26,28)(H2,23,25,27,29);3-8H,1-2H3,(H2,20,22,24,26)(H2,21,23,25,27). The van der Waals surface area contributed by atoms with Crippen LogP contribution in [-0.4, -0.2) is 129 Å². The number of imidazole rings is 6. The summed E-state index contributed by atoms with van der Waals surface area (Å²) in [6.07, 6.45) is 7.66. The second kappa shape index (κ2) is 35.9. The number of hydrogen-bond donors (Lipinski definition) is 13. The Morgan fingerprint density at radius 3 is 1.17 bits per heavy atom. The van der Waals surface area contributed by atoms with Crippen molar-refractivity contribution in [2.24, 2.45) is 0 Å². The van der Waals surface area contributed by atoms with E-state index < -0.39 is 17.6 Å². The number of amides is 7. The Balaban J connectivity index is 0.000000137. The fourth-order valence-electron chi connectivity index (χ4n) is 11.9. The third kappa shape index (κ3) is 19.8. The Labute approximate surface area is 672 Å². The van der Waals surface area contributed by atoms with Gasteiger partial charge in [-0.3, -0.25) is 89.6 Å².